The molecule has 4 atom stereocenters. The van der Waals surface area contributed by atoms with Crippen molar-refractivity contribution < 1.29 is 9.36 Å². The van der Waals surface area contributed by atoms with E-state index in [0.29, 0.717) is 12.8 Å². The van der Waals surface area contributed by atoms with Crippen LogP contribution in [0.3, 0.4) is 0 Å². The van der Waals surface area contributed by atoms with Crippen molar-refractivity contribution in [2.45, 2.75) is 58.3 Å². The minimum absolute atomic E-state index is 0.0307. The van der Waals surface area contributed by atoms with Crippen molar-refractivity contribution in [2.75, 3.05) is 0 Å². The molecule has 0 aromatic heterocycles. The van der Waals surface area contributed by atoms with Crippen molar-refractivity contribution >= 4 is 18.2 Å². The van der Waals surface area contributed by atoms with E-state index in [1.807, 2.05) is 37.3 Å². The van der Waals surface area contributed by atoms with E-state index >= 15 is 0 Å². The van der Waals surface area contributed by atoms with Gasteiger partial charge in [0.05, 0.1) is 0 Å². The molecule has 0 saturated heterocycles. The fourth-order valence-electron chi connectivity index (χ4n) is 4.05. The molecule has 23 heavy (non-hydrogen) atoms. The highest BCUT2D eigenvalue weighted by atomic mass is 31.2. The maximum atomic E-state index is 14.3. The van der Waals surface area contributed by atoms with Crippen molar-refractivity contribution in [1.82, 2.24) is 0 Å². The standard InChI is InChI=1S/C20H29O2P/c1-7-18(21)17-13-14(2)19(15(17)3)23(22,20(4,5)6)16-11-9-8-10-12-16/h8-12,15,17,19H,2,7,13H2,1,3-6H3/t15-,17+,19-,23+/m0/s1. The zero-order valence-electron chi connectivity index (χ0n) is 15.0. The van der Waals surface area contributed by atoms with E-state index in [4.69, 9.17) is 0 Å². The number of carbonyl (C=O) groups excluding carboxylic acids is 1. The topological polar surface area (TPSA) is 34.1 Å². The van der Waals surface area contributed by atoms with Crippen LogP contribution in [0.2, 0.25) is 0 Å². The number of hydrogen-bond acceptors (Lipinski definition) is 2. The van der Waals surface area contributed by atoms with Gasteiger partial charge in [0.2, 0.25) is 0 Å². The van der Waals surface area contributed by atoms with Crippen molar-refractivity contribution in [3.8, 4) is 0 Å². The number of carbonyl (C=O) groups is 1. The molecule has 0 N–H and O–H groups in total. The lowest BCUT2D eigenvalue weighted by Gasteiger charge is -2.39. The Kier molecular flexibility index (Phi) is 5.06. The minimum atomic E-state index is -2.75. The molecule has 126 valence electrons. The molecule has 0 bridgehead atoms. The molecular formula is C20H29O2P. The highest BCUT2D eigenvalue weighted by Gasteiger charge is 2.53. The van der Waals surface area contributed by atoms with E-state index in [1.165, 1.54) is 0 Å². The molecule has 2 nitrogen and oxygen atoms in total. The van der Waals surface area contributed by atoms with Crippen LogP contribution in [0.15, 0.2) is 42.5 Å². The van der Waals surface area contributed by atoms with E-state index < -0.39 is 7.14 Å². The van der Waals surface area contributed by atoms with Crippen LogP contribution in [0.1, 0.15) is 47.5 Å². The van der Waals surface area contributed by atoms with E-state index in [-0.39, 0.29) is 28.4 Å². The Labute approximate surface area is 140 Å². The summed E-state index contributed by atoms with van der Waals surface area (Å²) in [6.45, 7) is 14.4. The summed E-state index contributed by atoms with van der Waals surface area (Å²) in [5, 5.41) is 0.551. The molecule has 0 unspecified atom stereocenters. The van der Waals surface area contributed by atoms with E-state index in [0.717, 1.165) is 10.9 Å². The minimum Gasteiger partial charge on any atom is -0.317 e. The Morgan fingerprint density at radius 2 is 1.83 bits per heavy atom. The van der Waals surface area contributed by atoms with Gasteiger partial charge in [-0.2, -0.15) is 0 Å². The first kappa shape index (κ1) is 18.2. The van der Waals surface area contributed by atoms with Gasteiger partial charge in [0.15, 0.2) is 0 Å². The molecule has 1 saturated carbocycles. The van der Waals surface area contributed by atoms with Crippen molar-refractivity contribution in [3.05, 3.63) is 42.5 Å². The van der Waals surface area contributed by atoms with Gasteiger partial charge in [-0.1, -0.05) is 77.1 Å². The fraction of sp³-hybridized carbons (Fsp3) is 0.550. The van der Waals surface area contributed by atoms with Gasteiger partial charge in [0.25, 0.3) is 0 Å². The predicted octanol–water partition coefficient (Wildman–Crippen LogP) is 5.03. The van der Waals surface area contributed by atoms with Crippen LogP contribution in [-0.2, 0) is 9.36 Å². The van der Waals surface area contributed by atoms with Gasteiger partial charge in [0, 0.05) is 28.5 Å². The van der Waals surface area contributed by atoms with E-state index in [2.05, 4.69) is 34.3 Å². The van der Waals surface area contributed by atoms with Gasteiger partial charge in [-0.3, -0.25) is 4.79 Å². The normalized spacial score (nSPS) is 27.7. The summed E-state index contributed by atoms with van der Waals surface area (Å²) >= 11 is 0. The molecule has 2 rings (SSSR count). The summed E-state index contributed by atoms with van der Waals surface area (Å²) in [5.41, 5.74) is 0.886. The number of rotatable bonds is 4. The molecule has 1 aliphatic carbocycles. The maximum absolute atomic E-state index is 14.3. The van der Waals surface area contributed by atoms with Crippen molar-refractivity contribution in [2.24, 2.45) is 11.8 Å². The SMILES string of the molecule is C=C1C[C@@H](C(=O)CC)[C@H](C)[C@H]1[P@](=O)(c1ccccc1)C(C)(C)C. The van der Waals surface area contributed by atoms with Crippen LogP contribution in [-0.4, -0.2) is 16.6 Å². The van der Waals surface area contributed by atoms with Crippen LogP contribution in [0, 0.1) is 11.8 Å². The van der Waals surface area contributed by atoms with Gasteiger partial charge in [-0.05, 0) is 12.3 Å². The van der Waals surface area contributed by atoms with Gasteiger partial charge < -0.3 is 4.57 Å². The second-order valence-corrected chi connectivity index (χ2v) is 11.5. The summed E-state index contributed by atoms with van der Waals surface area (Å²) in [6.07, 6.45) is 1.23. The quantitative estimate of drug-likeness (QED) is 0.572. The zero-order valence-corrected chi connectivity index (χ0v) is 15.9. The Hall–Kier alpha value is -1.14. The second kappa shape index (κ2) is 6.40. The molecule has 0 aliphatic heterocycles. The first-order valence-corrected chi connectivity index (χ1v) is 10.3. The largest absolute Gasteiger partial charge is 0.317 e. The van der Waals surface area contributed by atoms with Gasteiger partial charge in [-0.15, -0.1) is 0 Å². The third-order valence-electron chi connectivity index (χ3n) is 5.32. The molecule has 3 heteroatoms. The van der Waals surface area contributed by atoms with Crippen LogP contribution in [0.25, 0.3) is 0 Å². The Morgan fingerprint density at radius 1 is 1.26 bits per heavy atom. The third kappa shape index (κ3) is 2.98. The number of allylic oxidation sites excluding steroid dienone is 1. The summed E-state index contributed by atoms with van der Waals surface area (Å²) in [4.78, 5) is 12.3. The summed E-state index contributed by atoms with van der Waals surface area (Å²) < 4.78 is 14.3. The molecule has 1 fully saturated rings. The molecule has 0 spiro atoms. The fourth-order valence-corrected chi connectivity index (χ4v) is 8.09. The van der Waals surface area contributed by atoms with Crippen LogP contribution >= 0.6 is 7.14 Å². The van der Waals surface area contributed by atoms with Crippen LogP contribution in [0.4, 0.5) is 0 Å². The predicted molar refractivity (Wildman–Crippen MR) is 98.9 cm³/mol. The van der Waals surface area contributed by atoms with E-state index in [9.17, 15) is 9.36 Å². The molecule has 1 aromatic carbocycles. The second-order valence-electron chi connectivity index (χ2n) is 7.76. The molecular weight excluding hydrogens is 303 g/mol. The summed E-state index contributed by atoms with van der Waals surface area (Å²) in [7, 11) is -2.75. The third-order valence-corrected chi connectivity index (χ3v) is 10.0. The molecule has 1 aliphatic rings. The number of Topliss-reactive ketones (excluding diaryl/α,β-unsaturated/α-hetero) is 1. The highest BCUT2D eigenvalue weighted by Crippen LogP contribution is 2.67. The highest BCUT2D eigenvalue weighted by molar-refractivity contribution is 7.74. The van der Waals surface area contributed by atoms with Gasteiger partial charge >= 0.3 is 0 Å². The summed E-state index contributed by atoms with van der Waals surface area (Å²) in [6, 6.07) is 9.80. The monoisotopic (exact) mass is 332 g/mol. The van der Waals surface area contributed by atoms with Crippen molar-refractivity contribution in [1.29, 1.82) is 0 Å². The average molecular weight is 332 g/mol. The summed E-state index contributed by atoms with van der Waals surface area (Å²) in [5.74, 6) is 0.326. The Bertz CT molecular complexity index is 639. The molecule has 0 amide bonds. The smallest absolute Gasteiger partial charge is 0.136 e. The number of hydrogen-bond donors (Lipinski definition) is 0. The van der Waals surface area contributed by atoms with Crippen LogP contribution < -0.4 is 5.30 Å². The molecule has 0 radical (unpaired) electrons. The lowest BCUT2D eigenvalue weighted by atomic mass is 9.92. The van der Waals surface area contributed by atoms with Crippen molar-refractivity contribution in [3.63, 3.8) is 0 Å². The lowest BCUT2D eigenvalue weighted by molar-refractivity contribution is -0.123. The average Bonchev–Trinajstić information content (AvgIpc) is 2.80. The Morgan fingerprint density at radius 3 is 2.30 bits per heavy atom. The zero-order chi connectivity index (χ0) is 17.4. The molecule has 0 heterocycles. The van der Waals surface area contributed by atoms with Crippen LogP contribution in [0.5, 0.6) is 0 Å². The number of benzene rings is 1. The maximum Gasteiger partial charge on any atom is 0.136 e. The first-order valence-electron chi connectivity index (χ1n) is 8.50. The van der Waals surface area contributed by atoms with Gasteiger partial charge in [0.1, 0.15) is 12.9 Å². The Balaban J connectivity index is 2.56. The first-order chi connectivity index (χ1) is 10.6. The van der Waals surface area contributed by atoms with E-state index in [1.54, 1.807) is 0 Å². The van der Waals surface area contributed by atoms with Gasteiger partial charge in [-0.25, -0.2) is 0 Å². The molecule has 1 aromatic rings. The lowest BCUT2D eigenvalue weighted by Crippen LogP contribution is -2.34. The number of ketones is 1.